The van der Waals surface area contributed by atoms with E-state index in [2.05, 4.69) is 0 Å². The molecule has 0 aromatic rings. The van der Waals surface area contributed by atoms with Gasteiger partial charge in [0.25, 0.3) is 0 Å². The van der Waals surface area contributed by atoms with Crippen LogP contribution in [0.4, 0.5) is 0 Å². The molecule has 1 atom stereocenters. The van der Waals surface area contributed by atoms with Crippen molar-refractivity contribution in [1.29, 1.82) is 0 Å². The summed E-state index contributed by atoms with van der Waals surface area (Å²) in [5.74, 6) is -0.771. The molecule has 1 unspecified atom stereocenters. The molecule has 1 saturated carbocycles. The van der Waals surface area contributed by atoms with Crippen LogP contribution in [0.3, 0.4) is 0 Å². The summed E-state index contributed by atoms with van der Waals surface area (Å²) in [4.78, 5) is 25.1. The van der Waals surface area contributed by atoms with E-state index in [0.29, 0.717) is 45.4 Å². The average Bonchev–Trinajstić information content (AvgIpc) is 2.38. The van der Waals surface area contributed by atoms with Gasteiger partial charge in [-0.2, -0.15) is 0 Å². The number of carbonyl (C=O) groups is 2. The fraction of sp³-hybridized carbons (Fsp3) is 0.846. The van der Waals surface area contributed by atoms with Crippen molar-refractivity contribution in [2.24, 2.45) is 11.8 Å². The van der Waals surface area contributed by atoms with E-state index in [0.717, 1.165) is 0 Å². The van der Waals surface area contributed by atoms with Gasteiger partial charge in [-0.1, -0.05) is 0 Å². The summed E-state index contributed by atoms with van der Waals surface area (Å²) >= 11 is 0. The van der Waals surface area contributed by atoms with Crippen LogP contribution < -0.4 is 0 Å². The van der Waals surface area contributed by atoms with Gasteiger partial charge in [0.1, 0.15) is 0 Å². The summed E-state index contributed by atoms with van der Waals surface area (Å²) in [5, 5.41) is 8.94. The molecular formula is C13H21NO4. The number of aliphatic carboxylic acids is 1. The first-order valence-electron chi connectivity index (χ1n) is 6.70. The van der Waals surface area contributed by atoms with E-state index in [1.807, 2.05) is 11.8 Å². The van der Waals surface area contributed by atoms with Gasteiger partial charge in [-0.25, -0.2) is 0 Å². The summed E-state index contributed by atoms with van der Waals surface area (Å²) < 4.78 is 5.33. The predicted molar refractivity (Wildman–Crippen MR) is 65.1 cm³/mol. The van der Waals surface area contributed by atoms with E-state index in [4.69, 9.17) is 9.84 Å². The third-order valence-electron chi connectivity index (χ3n) is 4.08. The number of carbonyl (C=O) groups excluding carboxylic acids is 1. The van der Waals surface area contributed by atoms with Gasteiger partial charge in [0, 0.05) is 12.5 Å². The van der Waals surface area contributed by atoms with Gasteiger partial charge in [-0.3, -0.25) is 9.59 Å². The third-order valence-corrected chi connectivity index (χ3v) is 4.08. The molecule has 102 valence electrons. The maximum absolute atomic E-state index is 12.4. The number of carboxylic acid groups (broad SMARTS) is 1. The Morgan fingerprint density at radius 3 is 2.33 bits per heavy atom. The number of nitrogens with zero attached hydrogens (tertiary/aromatic N) is 1. The second kappa shape index (κ2) is 5.69. The highest BCUT2D eigenvalue weighted by molar-refractivity contribution is 5.80. The largest absolute Gasteiger partial charge is 0.481 e. The molecule has 0 aromatic carbocycles. The lowest BCUT2D eigenvalue weighted by atomic mass is 9.81. The Labute approximate surface area is 107 Å². The zero-order valence-electron chi connectivity index (χ0n) is 10.8. The molecule has 5 nitrogen and oxygen atoms in total. The fourth-order valence-electron chi connectivity index (χ4n) is 2.88. The van der Waals surface area contributed by atoms with Gasteiger partial charge >= 0.3 is 5.97 Å². The molecule has 0 spiro atoms. The monoisotopic (exact) mass is 255 g/mol. The summed E-state index contributed by atoms with van der Waals surface area (Å²) in [7, 11) is 0. The summed E-state index contributed by atoms with van der Waals surface area (Å²) in [6.45, 7) is 3.88. The lowest BCUT2D eigenvalue weighted by Gasteiger charge is -2.37. The molecule has 2 aliphatic rings. The van der Waals surface area contributed by atoms with Crippen LogP contribution in [0.2, 0.25) is 0 Å². The number of hydrogen-bond donors (Lipinski definition) is 1. The van der Waals surface area contributed by atoms with Crippen LogP contribution in [0, 0.1) is 11.8 Å². The molecule has 2 fully saturated rings. The SMILES string of the molecule is CC1COCCN1C(=O)C1CCC(C(=O)O)CC1. The van der Waals surface area contributed by atoms with Crippen LogP contribution >= 0.6 is 0 Å². The van der Waals surface area contributed by atoms with Crippen LogP contribution in [0.5, 0.6) is 0 Å². The van der Waals surface area contributed by atoms with Crippen molar-refractivity contribution in [2.75, 3.05) is 19.8 Å². The molecule has 1 heterocycles. The molecular weight excluding hydrogens is 234 g/mol. The Bertz CT molecular complexity index is 323. The van der Waals surface area contributed by atoms with Gasteiger partial charge in [0.05, 0.1) is 25.2 Å². The summed E-state index contributed by atoms with van der Waals surface area (Å²) in [5.41, 5.74) is 0. The molecule has 0 bridgehead atoms. The first-order chi connectivity index (χ1) is 8.59. The van der Waals surface area contributed by atoms with Crippen molar-refractivity contribution < 1.29 is 19.4 Å². The van der Waals surface area contributed by atoms with Crippen molar-refractivity contribution in [3.05, 3.63) is 0 Å². The van der Waals surface area contributed by atoms with E-state index in [-0.39, 0.29) is 23.8 Å². The van der Waals surface area contributed by atoms with Crippen LogP contribution in [0.25, 0.3) is 0 Å². The van der Waals surface area contributed by atoms with Gasteiger partial charge in [0.15, 0.2) is 0 Å². The van der Waals surface area contributed by atoms with Gasteiger partial charge in [-0.05, 0) is 32.6 Å². The molecule has 18 heavy (non-hydrogen) atoms. The fourth-order valence-corrected chi connectivity index (χ4v) is 2.88. The zero-order valence-corrected chi connectivity index (χ0v) is 10.8. The Kier molecular flexibility index (Phi) is 4.22. The van der Waals surface area contributed by atoms with E-state index >= 15 is 0 Å². The van der Waals surface area contributed by atoms with Crippen molar-refractivity contribution in [3.8, 4) is 0 Å². The van der Waals surface area contributed by atoms with Crippen molar-refractivity contribution in [1.82, 2.24) is 4.90 Å². The molecule has 1 aliphatic heterocycles. The van der Waals surface area contributed by atoms with Crippen molar-refractivity contribution in [3.63, 3.8) is 0 Å². The standard InChI is InChI=1S/C13H21NO4/c1-9-8-18-7-6-14(9)12(15)10-2-4-11(5-3-10)13(16)17/h9-11H,2-8H2,1H3,(H,16,17). The highest BCUT2D eigenvalue weighted by Gasteiger charge is 2.34. The summed E-state index contributed by atoms with van der Waals surface area (Å²) in [6.07, 6.45) is 2.68. The Morgan fingerprint density at radius 1 is 1.17 bits per heavy atom. The molecule has 5 heteroatoms. The van der Waals surface area contributed by atoms with Crippen LogP contribution in [-0.2, 0) is 14.3 Å². The zero-order chi connectivity index (χ0) is 13.1. The number of rotatable bonds is 2. The number of morpholine rings is 1. The minimum absolute atomic E-state index is 0.0150. The highest BCUT2D eigenvalue weighted by atomic mass is 16.5. The van der Waals surface area contributed by atoms with E-state index in [1.165, 1.54) is 0 Å². The second-order valence-electron chi connectivity index (χ2n) is 5.34. The smallest absolute Gasteiger partial charge is 0.306 e. The quantitative estimate of drug-likeness (QED) is 0.803. The minimum atomic E-state index is -0.722. The Balaban J connectivity index is 1.88. The first kappa shape index (κ1) is 13.3. The molecule has 1 amide bonds. The summed E-state index contributed by atoms with van der Waals surface area (Å²) in [6, 6.07) is 0.142. The van der Waals surface area contributed by atoms with E-state index in [1.54, 1.807) is 0 Å². The molecule has 1 saturated heterocycles. The number of ether oxygens (including phenoxy) is 1. The average molecular weight is 255 g/mol. The van der Waals surface area contributed by atoms with E-state index < -0.39 is 5.97 Å². The Hall–Kier alpha value is -1.10. The molecule has 0 radical (unpaired) electrons. The minimum Gasteiger partial charge on any atom is -0.481 e. The Morgan fingerprint density at radius 2 is 1.78 bits per heavy atom. The predicted octanol–water partition coefficient (Wildman–Crippen LogP) is 1.12. The maximum atomic E-state index is 12.4. The van der Waals surface area contributed by atoms with Crippen LogP contribution in [0.1, 0.15) is 32.6 Å². The normalized spacial score (nSPS) is 33.2. The molecule has 2 rings (SSSR count). The molecule has 0 aromatic heterocycles. The highest BCUT2D eigenvalue weighted by Crippen LogP contribution is 2.30. The third kappa shape index (κ3) is 2.83. The lowest BCUT2D eigenvalue weighted by Crippen LogP contribution is -2.49. The van der Waals surface area contributed by atoms with Crippen molar-refractivity contribution >= 4 is 11.9 Å². The van der Waals surface area contributed by atoms with Gasteiger partial charge in [-0.15, -0.1) is 0 Å². The topological polar surface area (TPSA) is 66.8 Å². The van der Waals surface area contributed by atoms with E-state index in [9.17, 15) is 9.59 Å². The van der Waals surface area contributed by atoms with Crippen LogP contribution in [-0.4, -0.2) is 47.7 Å². The van der Waals surface area contributed by atoms with Gasteiger partial charge in [0.2, 0.25) is 5.91 Å². The number of carboxylic acids is 1. The van der Waals surface area contributed by atoms with Crippen LogP contribution in [0.15, 0.2) is 0 Å². The van der Waals surface area contributed by atoms with Gasteiger partial charge < -0.3 is 14.7 Å². The molecule has 1 aliphatic carbocycles. The van der Waals surface area contributed by atoms with Crippen molar-refractivity contribution in [2.45, 2.75) is 38.6 Å². The molecule has 1 N–H and O–H groups in total. The number of hydrogen-bond acceptors (Lipinski definition) is 3. The first-order valence-corrected chi connectivity index (χ1v) is 6.70. The maximum Gasteiger partial charge on any atom is 0.306 e. The lowest BCUT2D eigenvalue weighted by molar-refractivity contribution is -0.148. The second-order valence-corrected chi connectivity index (χ2v) is 5.34. The number of amides is 1.